The number of carbonyl (C=O) groups is 1. The Labute approximate surface area is 113 Å². The summed E-state index contributed by atoms with van der Waals surface area (Å²) < 4.78 is 12.9. The first-order chi connectivity index (χ1) is 9.20. The van der Waals surface area contributed by atoms with Crippen LogP contribution < -0.4 is 5.32 Å². The van der Waals surface area contributed by atoms with Gasteiger partial charge in [-0.3, -0.25) is 4.79 Å². The van der Waals surface area contributed by atoms with Gasteiger partial charge in [-0.15, -0.1) is 6.58 Å². The maximum Gasteiger partial charge on any atom is 0.227 e. The van der Waals surface area contributed by atoms with Gasteiger partial charge in [0.2, 0.25) is 5.91 Å². The highest BCUT2D eigenvalue weighted by Crippen LogP contribution is 2.15. The highest BCUT2D eigenvalue weighted by atomic mass is 19.1. The lowest BCUT2D eigenvalue weighted by atomic mass is 10.1. The van der Waals surface area contributed by atoms with Gasteiger partial charge >= 0.3 is 0 Å². The van der Waals surface area contributed by atoms with E-state index in [-0.39, 0.29) is 17.6 Å². The number of amides is 1. The Morgan fingerprint density at radius 1 is 1.47 bits per heavy atom. The summed E-state index contributed by atoms with van der Waals surface area (Å²) in [5.41, 5.74) is 0.933. The molecule has 1 saturated heterocycles. The van der Waals surface area contributed by atoms with E-state index in [1.807, 2.05) is 0 Å². The molecule has 1 N–H and O–H groups in total. The smallest absolute Gasteiger partial charge is 0.227 e. The predicted molar refractivity (Wildman–Crippen MR) is 73.0 cm³/mol. The normalized spacial score (nSPS) is 18.3. The molecule has 0 radical (unpaired) electrons. The van der Waals surface area contributed by atoms with Crippen LogP contribution in [0.25, 0.3) is 0 Å². The lowest BCUT2D eigenvalue weighted by Crippen LogP contribution is -2.36. The van der Waals surface area contributed by atoms with Crippen LogP contribution in [0.3, 0.4) is 0 Å². The minimum atomic E-state index is -0.259. The molecule has 102 valence electrons. The van der Waals surface area contributed by atoms with Gasteiger partial charge in [0.05, 0.1) is 5.92 Å². The van der Waals surface area contributed by atoms with Crippen LogP contribution in [0.1, 0.15) is 12.0 Å². The van der Waals surface area contributed by atoms with Gasteiger partial charge in [0.1, 0.15) is 5.82 Å². The fourth-order valence-electron chi connectivity index (χ4n) is 2.32. The van der Waals surface area contributed by atoms with Gasteiger partial charge < -0.3 is 10.2 Å². The van der Waals surface area contributed by atoms with Crippen LogP contribution in [-0.4, -0.2) is 30.4 Å². The van der Waals surface area contributed by atoms with E-state index in [1.165, 1.54) is 12.1 Å². The van der Waals surface area contributed by atoms with Crippen molar-refractivity contribution < 1.29 is 9.18 Å². The standard InChI is InChI=1S/C15H19FN2O/c1-2-9-18(15(19)13-7-8-17-10-13)11-12-3-5-14(16)6-4-12/h2-6,13,17H,1,7-11H2/t13-/m0/s1. The number of carbonyl (C=O) groups excluding carboxylic acids is 1. The molecule has 0 spiro atoms. The van der Waals surface area contributed by atoms with Crippen LogP contribution in [0.4, 0.5) is 4.39 Å². The molecule has 0 bridgehead atoms. The SMILES string of the molecule is C=CCN(Cc1ccc(F)cc1)C(=O)[C@H]1CCNC1. The maximum atomic E-state index is 12.9. The molecular weight excluding hydrogens is 243 g/mol. The third kappa shape index (κ3) is 3.64. The predicted octanol–water partition coefficient (Wildman–Crippen LogP) is 1.95. The number of halogens is 1. The van der Waals surface area contributed by atoms with E-state index in [9.17, 15) is 9.18 Å². The summed E-state index contributed by atoms with van der Waals surface area (Å²) >= 11 is 0. The van der Waals surface area contributed by atoms with E-state index in [0.717, 1.165) is 25.1 Å². The number of benzene rings is 1. The van der Waals surface area contributed by atoms with Crippen LogP contribution in [0, 0.1) is 11.7 Å². The Balaban J connectivity index is 2.04. The molecule has 1 fully saturated rings. The fourth-order valence-corrected chi connectivity index (χ4v) is 2.32. The minimum Gasteiger partial charge on any atom is -0.334 e. The van der Waals surface area contributed by atoms with Gasteiger partial charge in [-0.25, -0.2) is 4.39 Å². The zero-order valence-electron chi connectivity index (χ0n) is 10.9. The van der Waals surface area contributed by atoms with Gasteiger partial charge in [0.15, 0.2) is 0 Å². The highest BCUT2D eigenvalue weighted by Gasteiger charge is 2.26. The first-order valence-corrected chi connectivity index (χ1v) is 6.55. The van der Waals surface area contributed by atoms with Crippen molar-refractivity contribution in [1.29, 1.82) is 0 Å². The second-order valence-corrected chi connectivity index (χ2v) is 4.82. The summed E-state index contributed by atoms with van der Waals surface area (Å²) in [6.45, 7) is 6.36. The van der Waals surface area contributed by atoms with Gasteiger partial charge in [-0.1, -0.05) is 18.2 Å². The van der Waals surface area contributed by atoms with Crippen molar-refractivity contribution in [3.05, 3.63) is 48.3 Å². The van der Waals surface area contributed by atoms with Crippen molar-refractivity contribution >= 4 is 5.91 Å². The Bertz CT molecular complexity index is 438. The molecule has 0 unspecified atom stereocenters. The lowest BCUT2D eigenvalue weighted by molar-refractivity contribution is -0.135. The maximum absolute atomic E-state index is 12.9. The third-order valence-electron chi connectivity index (χ3n) is 3.36. The largest absolute Gasteiger partial charge is 0.334 e. The molecule has 1 heterocycles. The fraction of sp³-hybridized carbons (Fsp3) is 0.400. The monoisotopic (exact) mass is 262 g/mol. The third-order valence-corrected chi connectivity index (χ3v) is 3.36. The zero-order valence-corrected chi connectivity index (χ0v) is 10.9. The number of hydrogen-bond donors (Lipinski definition) is 1. The molecule has 1 aromatic rings. The Kier molecular flexibility index (Phi) is 4.68. The van der Waals surface area contributed by atoms with E-state index >= 15 is 0 Å². The van der Waals surface area contributed by atoms with E-state index in [2.05, 4.69) is 11.9 Å². The van der Waals surface area contributed by atoms with E-state index in [0.29, 0.717) is 13.1 Å². The molecule has 0 aliphatic carbocycles. The summed E-state index contributed by atoms with van der Waals surface area (Å²) in [6, 6.07) is 6.27. The summed E-state index contributed by atoms with van der Waals surface area (Å²) in [5, 5.41) is 3.20. The molecule has 4 heteroatoms. The van der Waals surface area contributed by atoms with Crippen molar-refractivity contribution in [2.24, 2.45) is 5.92 Å². The van der Waals surface area contributed by atoms with Gasteiger partial charge in [-0.2, -0.15) is 0 Å². The molecule has 0 saturated carbocycles. The highest BCUT2D eigenvalue weighted by molar-refractivity contribution is 5.79. The average Bonchev–Trinajstić information content (AvgIpc) is 2.94. The molecule has 1 amide bonds. The van der Waals surface area contributed by atoms with Crippen molar-refractivity contribution in [3.8, 4) is 0 Å². The van der Waals surface area contributed by atoms with Gasteiger partial charge in [-0.05, 0) is 30.7 Å². The molecule has 0 aromatic heterocycles. The van der Waals surface area contributed by atoms with Crippen molar-refractivity contribution in [2.45, 2.75) is 13.0 Å². The first-order valence-electron chi connectivity index (χ1n) is 6.55. The summed E-state index contributed by atoms with van der Waals surface area (Å²) in [6.07, 6.45) is 2.61. The Morgan fingerprint density at radius 2 is 2.21 bits per heavy atom. The van der Waals surface area contributed by atoms with E-state index in [4.69, 9.17) is 0 Å². The summed E-state index contributed by atoms with van der Waals surface area (Å²) in [4.78, 5) is 14.1. The molecule has 3 nitrogen and oxygen atoms in total. The Morgan fingerprint density at radius 3 is 2.79 bits per heavy atom. The van der Waals surface area contributed by atoms with E-state index in [1.54, 1.807) is 23.1 Å². The van der Waals surface area contributed by atoms with Gasteiger partial charge in [0.25, 0.3) is 0 Å². The van der Waals surface area contributed by atoms with Crippen LogP contribution in [0.5, 0.6) is 0 Å². The molecule has 1 aliphatic heterocycles. The number of rotatable bonds is 5. The molecular formula is C15H19FN2O. The summed E-state index contributed by atoms with van der Waals surface area (Å²) in [7, 11) is 0. The molecule has 1 atom stereocenters. The van der Waals surface area contributed by atoms with Crippen LogP contribution in [-0.2, 0) is 11.3 Å². The molecule has 1 aliphatic rings. The second kappa shape index (κ2) is 6.48. The quantitative estimate of drug-likeness (QED) is 0.823. The van der Waals surface area contributed by atoms with Crippen molar-refractivity contribution in [1.82, 2.24) is 10.2 Å². The topological polar surface area (TPSA) is 32.3 Å². The van der Waals surface area contributed by atoms with Crippen LogP contribution >= 0.6 is 0 Å². The first kappa shape index (κ1) is 13.7. The average molecular weight is 262 g/mol. The number of nitrogens with zero attached hydrogens (tertiary/aromatic N) is 1. The number of hydrogen-bond acceptors (Lipinski definition) is 2. The van der Waals surface area contributed by atoms with Crippen LogP contribution in [0.2, 0.25) is 0 Å². The zero-order chi connectivity index (χ0) is 13.7. The van der Waals surface area contributed by atoms with Gasteiger partial charge in [0, 0.05) is 19.6 Å². The molecule has 1 aromatic carbocycles. The van der Waals surface area contributed by atoms with Crippen molar-refractivity contribution in [2.75, 3.05) is 19.6 Å². The van der Waals surface area contributed by atoms with Crippen LogP contribution in [0.15, 0.2) is 36.9 Å². The van der Waals surface area contributed by atoms with E-state index < -0.39 is 0 Å². The summed E-state index contributed by atoms with van der Waals surface area (Å²) in [5.74, 6) is -0.0556. The lowest BCUT2D eigenvalue weighted by Gasteiger charge is -2.24. The molecule has 19 heavy (non-hydrogen) atoms. The Hall–Kier alpha value is -1.68. The molecule has 2 rings (SSSR count). The minimum absolute atomic E-state index is 0.0559. The number of nitrogens with one attached hydrogen (secondary N) is 1. The second-order valence-electron chi connectivity index (χ2n) is 4.82. The van der Waals surface area contributed by atoms with Crippen molar-refractivity contribution in [3.63, 3.8) is 0 Å².